The minimum Gasteiger partial charge on any atom is -0.388 e. The van der Waals surface area contributed by atoms with Gasteiger partial charge in [0.05, 0.1) is 5.60 Å². The maximum Gasteiger partial charge on any atom is 0.131 e. The van der Waals surface area contributed by atoms with Crippen LogP contribution in [0.3, 0.4) is 0 Å². The predicted molar refractivity (Wildman–Crippen MR) is 69.7 cm³/mol. The van der Waals surface area contributed by atoms with Crippen LogP contribution < -0.4 is 11.1 Å². The zero-order valence-corrected chi connectivity index (χ0v) is 11.0. The van der Waals surface area contributed by atoms with E-state index in [0.29, 0.717) is 29.9 Å². The van der Waals surface area contributed by atoms with Gasteiger partial charge in [0.1, 0.15) is 17.5 Å². The molecule has 5 nitrogen and oxygen atoms in total. The Kier molecular flexibility index (Phi) is 4.28. The number of aryl methyl sites for hydroxylation is 1. The number of nitrogens with one attached hydrogen (secondary N) is 1. The Morgan fingerprint density at radius 2 is 2.12 bits per heavy atom. The first-order chi connectivity index (χ1) is 7.78. The molecule has 0 saturated heterocycles. The van der Waals surface area contributed by atoms with Gasteiger partial charge < -0.3 is 16.2 Å². The summed E-state index contributed by atoms with van der Waals surface area (Å²) >= 11 is 0. The zero-order valence-electron chi connectivity index (χ0n) is 11.0. The molecule has 0 bridgehead atoms. The van der Waals surface area contributed by atoms with Crippen molar-refractivity contribution in [3.8, 4) is 0 Å². The van der Waals surface area contributed by atoms with Gasteiger partial charge in [0, 0.05) is 12.6 Å². The van der Waals surface area contributed by atoms with Crippen molar-refractivity contribution in [2.45, 2.75) is 39.7 Å². The fourth-order valence-corrected chi connectivity index (χ4v) is 1.91. The summed E-state index contributed by atoms with van der Waals surface area (Å²) in [4.78, 5) is 8.19. The van der Waals surface area contributed by atoms with Crippen molar-refractivity contribution in [3.05, 3.63) is 11.9 Å². The molecule has 0 radical (unpaired) electrons. The van der Waals surface area contributed by atoms with Gasteiger partial charge in [0.2, 0.25) is 0 Å². The molecular formula is C12H22N4O. The molecule has 0 aliphatic rings. The van der Waals surface area contributed by atoms with Crippen LogP contribution in [0.4, 0.5) is 11.6 Å². The van der Waals surface area contributed by atoms with Gasteiger partial charge in [-0.3, -0.25) is 0 Å². The van der Waals surface area contributed by atoms with Gasteiger partial charge in [-0.15, -0.1) is 0 Å². The molecule has 0 fully saturated rings. The van der Waals surface area contributed by atoms with Gasteiger partial charge in [0.15, 0.2) is 0 Å². The molecule has 5 heteroatoms. The lowest BCUT2D eigenvalue weighted by molar-refractivity contribution is 0.0514. The van der Waals surface area contributed by atoms with Crippen LogP contribution in [0.2, 0.25) is 0 Å². The molecule has 1 atom stereocenters. The standard InChI is InChI=1S/C12H22N4O/c1-8(2)6-12(4,17)7-14-11-5-10(13)15-9(3)16-11/h5,8,17H,6-7H2,1-4H3,(H3,13,14,15,16). The summed E-state index contributed by atoms with van der Waals surface area (Å²) in [6, 6.07) is 1.67. The van der Waals surface area contributed by atoms with Crippen LogP contribution in [0.25, 0.3) is 0 Å². The van der Waals surface area contributed by atoms with Crippen LogP contribution in [0.15, 0.2) is 6.07 Å². The monoisotopic (exact) mass is 238 g/mol. The maximum absolute atomic E-state index is 10.1. The fraction of sp³-hybridized carbons (Fsp3) is 0.667. The summed E-state index contributed by atoms with van der Waals surface area (Å²) in [5.74, 6) is 2.16. The maximum atomic E-state index is 10.1. The minimum absolute atomic E-state index is 0.434. The Hall–Kier alpha value is -1.36. The highest BCUT2D eigenvalue weighted by atomic mass is 16.3. The summed E-state index contributed by atoms with van der Waals surface area (Å²) < 4.78 is 0. The first-order valence-corrected chi connectivity index (χ1v) is 5.86. The quantitative estimate of drug-likeness (QED) is 0.725. The number of hydrogen-bond acceptors (Lipinski definition) is 5. The predicted octanol–water partition coefficient (Wildman–Crippen LogP) is 1.58. The summed E-state index contributed by atoms with van der Waals surface area (Å²) in [6.45, 7) is 8.22. The van der Waals surface area contributed by atoms with Gasteiger partial charge >= 0.3 is 0 Å². The van der Waals surface area contributed by atoms with Gasteiger partial charge in [-0.1, -0.05) is 13.8 Å². The van der Waals surface area contributed by atoms with Crippen molar-refractivity contribution in [2.75, 3.05) is 17.6 Å². The lowest BCUT2D eigenvalue weighted by Gasteiger charge is -2.25. The van der Waals surface area contributed by atoms with Crippen LogP contribution >= 0.6 is 0 Å². The molecule has 0 aromatic carbocycles. The number of nitrogens with zero attached hydrogens (tertiary/aromatic N) is 2. The molecule has 0 amide bonds. The smallest absolute Gasteiger partial charge is 0.131 e. The SMILES string of the molecule is Cc1nc(N)cc(NCC(C)(O)CC(C)C)n1. The van der Waals surface area contributed by atoms with Gasteiger partial charge in [-0.05, 0) is 26.2 Å². The number of nitrogens with two attached hydrogens (primary N) is 1. The van der Waals surface area contributed by atoms with E-state index in [-0.39, 0.29) is 0 Å². The summed E-state index contributed by atoms with van der Waals surface area (Å²) in [6.07, 6.45) is 0.736. The first-order valence-electron chi connectivity index (χ1n) is 5.86. The van der Waals surface area contributed by atoms with Crippen LogP contribution in [-0.2, 0) is 0 Å². The summed E-state index contributed by atoms with van der Waals surface area (Å²) in [5, 5.41) is 13.2. The highest BCUT2D eigenvalue weighted by Crippen LogP contribution is 2.17. The molecule has 0 spiro atoms. The Morgan fingerprint density at radius 1 is 1.47 bits per heavy atom. The van der Waals surface area contributed by atoms with E-state index < -0.39 is 5.60 Å². The van der Waals surface area contributed by atoms with E-state index in [1.165, 1.54) is 0 Å². The van der Waals surface area contributed by atoms with E-state index >= 15 is 0 Å². The number of aromatic nitrogens is 2. The van der Waals surface area contributed by atoms with Crippen molar-refractivity contribution in [3.63, 3.8) is 0 Å². The highest BCUT2D eigenvalue weighted by Gasteiger charge is 2.21. The van der Waals surface area contributed by atoms with Crippen molar-refractivity contribution in [1.29, 1.82) is 0 Å². The van der Waals surface area contributed by atoms with E-state index in [1.807, 2.05) is 6.92 Å². The second-order valence-electron chi connectivity index (χ2n) is 5.17. The van der Waals surface area contributed by atoms with E-state index in [4.69, 9.17) is 5.73 Å². The number of rotatable bonds is 5. The third kappa shape index (κ3) is 4.99. The Bertz CT molecular complexity index is 357. The van der Waals surface area contributed by atoms with Gasteiger partial charge in [0.25, 0.3) is 0 Å². The second kappa shape index (κ2) is 5.31. The average Bonchev–Trinajstić information content (AvgIpc) is 2.11. The zero-order chi connectivity index (χ0) is 13.1. The number of aliphatic hydroxyl groups is 1. The largest absolute Gasteiger partial charge is 0.388 e. The topological polar surface area (TPSA) is 84.1 Å². The van der Waals surface area contributed by atoms with Crippen molar-refractivity contribution in [2.24, 2.45) is 5.92 Å². The van der Waals surface area contributed by atoms with Crippen LogP contribution in [0.1, 0.15) is 33.0 Å². The Balaban J connectivity index is 2.60. The molecular weight excluding hydrogens is 216 g/mol. The first kappa shape index (κ1) is 13.7. The van der Waals surface area contributed by atoms with E-state index in [1.54, 1.807) is 13.0 Å². The van der Waals surface area contributed by atoms with E-state index in [0.717, 1.165) is 6.42 Å². The second-order valence-corrected chi connectivity index (χ2v) is 5.17. The van der Waals surface area contributed by atoms with Gasteiger partial charge in [-0.2, -0.15) is 0 Å². The molecule has 1 unspecified atom stereocenters. The van der Waals surface area contributed by atoms with E-state index in [9.17, 15) is 5.11 Å². The molecule has 1 heterocycles. The molecule has 0 aliphatic heterocycles. The number of nitrogen functional groups attached to an aromatic ring is 1. The molecule has 17 heavy (non-hydrogen) atoms. The average molecular weight is 238 g/mol. The van der Waals surface area contributed by atoms with Crippen molar-refractivity contribution in [1.82, 2.24) is 9.97 Å². The number of anilines is 2. The van der Waals surface area contributed by atoms with Crippen molar-refractivity contribution >= 4 is 11.6 Å². The van der Waals surface area contributed by atoms with Gasteiger partial charge in [-0.25, -0.2) is 9.97 Å². The molecule has 0 saturated carbocycles. The number of hydrogen-bond donors (Lipinski definition) is 3. The third-order valence-electron chi connectivity index (χ3n) is 2.36. The lowest BCUT2D eigenvalue weighted by Crippen LogP contribution is -2.35. The molecule has 1 aromatic rings. The highest BCUT2D eigenvalue weighted by molar-refractivity contribution is 5.44. The third-order valence-corrected chi connectivity index (χ3v) is 2.36. The molecule has 96 valence electrons. The summed E-state index contributed by atoms with van der Waals surface area (Å²) in [5.41, 5.74) is 4.88. The normalized spacial score (nSPS) is 14.7. The minimum atomic E-state index is -0.748. The fourth-order valence-electron chi connectivity index (χ4n) is 1.91. The Labute approximate surface area is 102 Å². The lowest BCUT2D eigenvalue weighted by atomic mass is 9.94. The van der Waals surface area contributed by atoms with Crippen LogP contribution in [0, 0.1) is 12.8 Å². The molecule has 1 rings (SSSR count). The van der Waals surface area contributed by atoms with Crippen LogP contribution in [-0.4, -0.2) is 27.2 Å². The molecule has 1 aromatic heterocycles. The van der Waals surface area contributed by atoms with Crippen LogP contribution in [0.5, 0.6) is 0 Å². The van der Waals surface area contributed by atoms with Crippen molar-refractivity contribution < 1.29 is 5.11 Å². The Morgan fingerprint density at radius 3 is 2.65 bits per heavy atom. The molecule has 4 N–H and O–H groups in total. The van der Waals surface area contributed by atoms with E-state index in [2.05, 4.69) is 29.1 Å². The summed E-state index contributed by atoms with van der Waals surface area (Å²) in [7, 11) is 0. The molecule has 0 aliphatic carbocycles.